The minimum absolute atomic E-state index is 0.0869. The van der Waals surface area contributed by atoms with Gasteiger partial charge in [-0.05, 0) is 0 Å². The third-order valence-corrected chi connectivity index (χ3v) is 1.08. The SMILES string of the molecule is CN=NNc1cnc(C(N)=O)[nH]1. The molecule has 1 heterocycles. The van der Waals surface area contributed by atoms with Crippen LogP contribution in [0.3, 0.4) is 0 Å². The van der Waals surface area contributed by atoms with Crippen molar-refractivity contribution in [3.8, 4) is 0 Å². The second-order valence-corrected chi connectivity index (χ2v) is 1.92. The van der Waals surface area contributed by atoms with E-state index in [-0.39, 0.29) is 5.82 Å². The van der Waals surface area contributed by atoms with Crippen molar-refractivity contribution in [3.63, 3.8) is 0 Å². The third kappa shape index (κ3) is 1.78. The molecule has 4 N–H and O–H groups in total. The van der Waals surface area contributed by atoms with Crippen LogP contribution in [0.2, 0.25) is 0 Å². The lowest BCUT2D eigenvalue weighted by Gasteiger charge is -1.89. The monoisotopic (exact) mass is 168 g/mol. The van der Waals surface area contributed by atoms with Crippen LogP contribution in [0.4, 0.5) is 5.82 Å². The number of aromatic amines is 1. The highest BCUT2D eigenvalue weighted by atomic mass is 16.1. The number of primary amides is 1. The van der Waals surface area contributed by atoms with E-state index in [1.54, 1.807) is 0 Å². The molecule has 7 heteroatoms. The summed E-state index contributed by atoms with van der Waals surface area (Å²) in [4.78, 5) is 16.8. The fraction of sp³-hybridized carbons (Fsp3) is 0.200. The molecular weight excluding hydrogens is 160 g/mol. The molecule has 0 bridgehead atoms. The number of nitrogens with one attached hydrogen (secondary N) is 2. The number of rotatable bonds is 3. The number of imidazole rings is 1. The summed E-state index contributed by atoms with van der Waals surface area (Å²) in [5.41, 5.74) is 7.44. The number of amides is 1. The molecule has 0 aromatic carbocycles. The van der Waals surface area contributed by atoms with Gasteiger partial charge in [-0.25, -0.2) is 10.4 Å². The minimum Gasteiger partial charge on any atom is -0.363 e. The van der Waals surface area contributed by atoms with Crippen LogP contribution in [0.1, 0.15) is 10.6 Å². The molecule has 0 aliphatic rings. The summed E-state index contributed by atoms with van der Waals surface area (Å²) < 4.78 is 0. The van der Waals surface area contributed by atoms with Crippen LogP contribution >= 0.6 is 0 Å². The molecule has 0 spiro atoms. The van der Waals surface area contributed by atoms with E-state index >= 15 is 0 Å². The van der Waals surface area contributed by atoms with Gasteiger partial charge in [-0.2, -0.15) is 5.11 Å². The molecule has 0 saturated carbocycles. The van der Waals surface area contributed by atoms with Gasteiger partial charge in [0.05, 0.1) is 13.2 Å². The average Bonchev–Trinajstić information content (AvgIpc) is 2.48. The number of nitrogens with zero attached hydrogens (tertiary/aromatic N) is 3. The number of carbonyl (C=O) groups excluding carboxylic acids is 1. The molecule has 1 aromatic rings. The highest BCUT2D eigenvalue weighted by Gasteiger charge is 2.03. The Morgan fingerprint density at radius 3 is 3.08 bits per heavy atom. The zero-order valence-electron chi connectivity index (χ0n) is 6.40. The van der Waals surface area contributed by atoms with E-state index in [4.69, 9.17) is 5.73 Å². The van der Waals surface area contributed by atoms with Gasteiger partial charge >= 0.3 is 0 Å². The third-order valence-electron chi connectivity index (χ3n) is 1.08. The van der Waals surface area contributed by atoms with Crippen LogP contribution < -0.4 is 11.2 Å². The minimum atomic E-state index is -0.614. The van der Waals surface area contributed by atoms with Gasteiger partial charge in [0.2, 0.25) is 0 Å². The molecule has 0 atom stereocenters. The van der Waals surface area contributed by atoms with Crippen LogP contribution in [-0.2, 0) is 0 Å². The molecule has 0 aliphatic heterocycles. The van der Waals surface area contributed by atoms with Crippen molar-refractivity contribution < 1.29 is 4.79 Å². The van der Waals surface area contributed by atoms with E-state index in [1.807, 2.05) is 0 Å². The van der Waals surface area contributed by atoms with Crippen LogP contribution in [0.15, 0.2) is 16.5 Å². The predicted molar refractivity (Wildman–Crippen MR) is 41.5 cm³/mol. The Morgan fingerprint density at radius 2 is 2.58 bits per heavy atom. The molecule has 1 rings (SSSR count). The molecule has 64 valence electrons. The van der Waals surface area contributed by atoms with Crippen molar-refractivity contribution >= 4 is 11.7 Å². The molecule has 0 unspecified atom stereocenters. The van der Waals surface area contributed by atoms with Crippen molar-refractivity contribution in [2.24, 2.45) is 16.1 Å². The maximum atomic E-state index is 10.5. The first-order valence-corrected chi connectivity index (χ1v) is 3.13. The Labute approximate surface area is 68.1 Å². The van der Waals surface area contributed by atoms with Crippen LogP contribution in [0, 0.1) is 0 Å². The number of hydrogen-bond acceptors (Lipinski definition) is 4. The van der Waals surface area contributed by atoms with Crippen LogP contribution in [-0.4, -0.2) is 22.9 Å². The summed E-state index contributed by atoms with van der Waals surface area (Å²) in [5, 5.41) is 6.90. The first-order chi connectivity index (χ1) is 5.74. The molecule has 1 amide bonds. The Morgan fingerprint density at radius 1 is 1.83 bits per heavy atom. The number of H-pyrrole nitrogens is 1. The normalized spacial score (nSPS) is 10.4. The van der Waals surface area contributed by atoms with Crippen LogP contribution in [0.25, 0.3) is 0 Å². The highest BCUT2D eigenvalue weighted by molar-refractivity contribution is 5.89. The molecule has 1 aromatic heterocycles. The first kappa shape index (κ1) is 8.18. The lowest BCUT2D eigenvalue weighted by atomic mass is 10.6. The van der Waals surface area contributed by atoms with E-state index in [1.165, 1.54) is 13.2 Å². The average molecular weight is 168 g/mol. The number of hydrogen-bond donors (Lipinski definition) is 3. The number of carbonyl (C=O) groups is 1. The molecule has 0 saturated heterocycles. The smallest absolute Gasteiger partial charge is 0.284 e. The summed E-state index contributed by atoms with van der Waals surface area (Å²) in [6, 6.07) is 0. The zero-order valence-corrected chi connectivity index (χ0v) is 6.40. The Balaban J connectivity index is 2.70. The van der Waals surface area contributed by atoms with Gasteiger partial charge < -0.3 is 10.7 Å². The van der Waals surface area contributed by atoms with E-state index < -0.39 is 5.91 Å². The van der Waals surface area contributed by atoms with Crippen molar-refractivity contribution in [3.05, 3.63) is 12.0 Å². The number of anilines is 1. The predicted octanol–water partition coefficient (Wildman–Crippen LogP) is -0.0825. The number of nitrogens with two attached hydrogens (primary N) is 1. The molecule has 0 radical (unpaired) electrons. The first-order valence-electron chi connectivity index (χ1n) is 3.13. The Kier molecular flexibility index (Phi) is 2.36. The highest BCUT2D eigenvalue weighted by Crippen LogP contribution is 2.01. The van der Waals surface area contributed by atoms with Gasteiger partial charge in [0.1, 0.15) is 5.82 Å². The fourth-order valence-electron chi connectivity index (χ4n) is 0.607. The topological polar surface area (TPSA) is 109 Å². The van der Waals surface area contributed by atoms with Crippen molar-refractivity contribution in [1.82, 2.24) is 9.97 Å². The zero-order chi connectivity index (χ0) is 8.97. The molecule has 0 aliphatic carbocycles. The summed E-state index contributed by atoms with van der Waals surface area (Å²) in [6.07, 6.45) is 1.40. The molecule has 0 fully saturated rings. The summed E-state index contributed by atoms with van der Waals surface area (Å²) in [5.74, 6) is -0.0605. The fourth-order valence-corrected chi connectivity index (χ4v) is 0.607. The second-order valence-electron chi connectivity index (χ2n) is 1.92. The van der Waals surface area contributed by atoms with E-state index in [0.717, 1.165) is 0 Å². The van der Waals surface area contributed by atoms with Crippen molar-refractivity contribution in [2.75, 3.05) is 12.5 Å². The largest absolute Gasteiger partial charge is 0.363 e. The van der Waals surface area contributed by atoms with Gasteiger partial charge in [-0.3, -0.25) is 4.79 Å². The second kappa shape index (κ2) is 3.46. The Hall–Kier alpha value is -1.92. The van der Waals surface area contributed by atoms with Crippen molar-refractivity contribution in [1.29, 1.82) is 0 Å². The molecule has 7 nitrogen and oxygen atoms in total. The molecular formula is C5H8N6O. The van der Waals surface area contributed by atoms with Crippen LogP contribution in [0.5, 0.6) is 0 Å². The van der Waals surface area contributed by atoms with E-state index in [9.17, 15) is 4.79 Å². The lowest BCUT2D eigenvalue weighted by molar-refractivity contribution is 0.0991. The van der Waals surface area contributed by atoms with Gasteiger partial charge in [0, 0.05) is 0 Å². The lowest BCUT2D eigenvalue weighted by Crippen LogP contribution is -2.12. The van der Waals surface area contributed by atoms with Gasteiger partial charge in [0.25, 0.3) is 5.91 Å². The van der Waals surface area contributed by atoms with E-state index in [2.05, 4.69) is 25.7 Å². The Bertz CT molecular complexity index is 303. The molecule has 12 heavy (non-hydrogen) atoms. The summed E-state index contributed by atoms with van der Waals surface area (Å²) in [6.45, 7) is 0. The maximum absolute atomic E-state index is 10.5. The number of aromatic nitrogens is 2. The summed E-state index contributed by atoms with van der Waals surface area (Å²) in [7, 11) is 1.51. The quantitative estimate of drug-likeness (QED) is 0.433. The van der Waals surface area contributed by atoms with Crippen molar-refractivity contribution in [2.45, 2.75) is 0 Å². The summed E-state index contributed by atoms with van der Waals surface area (Å²) >= 11 is 0. The maximum Gasteiger partial charge on any atom is 0.284 e. The van der Waals surface area contributed by atoms with Gasteiger partial charge in [-0.1, -0.05) is 5.22 Å². The van der Waals surface area contributed by atoms with E-state index in [0.29, 0.717) is 5.82 Å². The van der Waals surface area contributed by atoms with Gasteiger partial charge in [-0.15, -0.1) is 0 Å². The standard InChI is InChI=1S/C5H8N6O/c1-7-11-10-3-2-8-5(9-3)4(6)12/h2H,1H3,(H2,6,12)(H,7,10)(H,8,9). The van der Waals surface area contributed by atoms with Gasteiger partial charge in [0.15, 0.2) is 5.82 Å².